The van der Waals surface area contributed by atoms with Crippen LogP contribution in [-0.4, -0.2) is 44.0 Å². The highest BCUT2D eigenvalue weighted by Gasteiger charge is 2.18. The summed E-state index contributed by atoms with van der Waals surface area (Å²) in [5.74, 6) is 0.516. The van der Waals surface area contributed by atoms with Crippen molar-refractivity contribution in [1.29, 1.82) is 0 Å². The van der Waals surface area contributed by atoms with Gasteiger partial charge < -0.3 is 20.2 Å². The van der Waals surface area contributed by atoms with Crippen LogP contribution in [-0.2, 0) is 4.79 Å². The Labute approximate surface area is 140 Å². The normalized spacial score (nSPS) is 12.0. The van der Waals surface area contributed by atoms with Gasteiger partial charge in [-0.15, -0.1) is 0 Å². The van der Waals surface area contributed by atoms with Crippen molar-refractivity contribution < 1.29 is 18.7 Å². The summed E-state index contributed by atoms with van der Waals surface area (Å²) in [5.41, 5.74) is 5.51. The largest absolute Gasteiger partial charge is 0.484 e. The minimum Gasteiger partial charge on any atom is -0.484 e. The SMILES string of the molecule is CN(C)C(CNC(=O)c1ccc(OCC(N)=O)cc1)c1ccco1. The summed E-state index contributed by atoms with van der Waals surface area (Å²) in [5, 5.41) is 2.88. The molecule has 2 amide bonds. The van der Waals surface area contributed by atoms with Crippen molar-refractivity contribution in [2.75, 3.05) is 27.2 Å². The Hall–Kier alpha value is -2.80. The second-order valence-corrected chi connectivity index (χ2v) is 5.48. The summed E-state index contributed by atoms with van der Waals surface area (Å²) in [6.45, 7) is 0.221. The summed E-state index contributed by atoms with van der Waals surface area (Å²) in [6, 6.07) is 10.1. The number of nitrogens with one attached hydrogen (secondary N) is 1. The molecule has 24 heavy (non-hydrogen) atoms. The number of primary amides is 1. The highest BCUT2D eigenvalue weighted by molar-refractivity contribution is 5.94. The molecule has 7 nitrogen and oxygen atoms in total. The maximum absolute atomic E-state index is 12.2. The molecule has 0 fully saturated rings. The van der Waals surface area contributed by atoms with E-state index in [0.29, 0.717) is 17.9 Å². The number of hydrogen-bond donors (Lipinski definition) is 2. The van der Waals surface area contributed by atoms with E-state index in [-0.39, 0.29) is 18.6 Å². The fraction of sp³-hybridized carbons (Fsp3) is 0.294. The lowest BCUT2D eigenvalue weighted by molar-refractivity contribution is -0.119. The zero-order valence-corrected chi connectivity index (χ0v) is 13.7. The van der Waals surface area contributed by atoms with Gasteiger partial charge in [0.15, 0.2) is 6.61 Å². The Kier molecular flexibility index (Phi) is 5.97. The molecule has 0 radical (unpaired) electrons. The van der Waals surface area contributed by atoms with Crippen LogP contribution in [0.1, 0.15) is 22.2 Å². The van der Waals surface area contributed by atoms with Gasteiger partial charge in [0, 0.05) is 12.1 Å². The summed E-state index contributed by atoms with van der Waals surface area (Å²) in [7, 11) is 3.84. The van der Waals surface area contributed by atoms with Gasteiger partial charge in [-0.3, -0.25) is 14.5 Å². The predicted octanol–water partition coefficient (Wildman–Crippen LogP) is 1.18. The molecule has 2 rings (SSSR count). The maximum Gasteiger partial charge on any atom is 0.255 e. The van der Waals surface area contributed by atoms with Crippen LogP contribution in [0.3, 0.4) is 0 Å². The summed E-state index contributed by atoms with van der Waals surface area (Å²) < 4.78 is 10.6. The predicted molar refractivity (Wildman–Crippen MR) is 88.6 cm³/mol. The van der Waals surface area contributed by atoms with E-state index in [4.69, 9.17) is 14.9 Å². The van der Waals surface area contributed by atoms with Crippen LogP contribution in [0.25, 0.3) is 0 Å². The molecule has 0 aliphatic rings. The maximum atomic E-state index is 12.2. The summed E-state index contributed by atoms with van der Waals surface area (Å²) in [4.78, 5) is 24.9. The number of rotatable bonds is 8. The second-order valence-electron chi connectivity index (χ2n) is 5.48. The Balaban J connectivity index is 1.93. The van der Waals surface area contributed by atoms with Crippen LogP contribution in [0.2, 0.25) is 0 Å². The molecule has 128 valence electrons. The standard InChI is InChI=1S/C17H21N3O4/c1-20(2)14(15-4-3-9-23-15)10-19-17(22)12-5-7-13(8-6-12)24-11-16(18)21/h3-9,14H,10-11H2,1-2H3,(H2,18,21)(H,19,22). The quantitative estimate of drug-likeness (QED) is 0.757. The number of ether oxygens (including phenoxy) is 1. The average molecular weight is 331 g/mol. The van der Waals surface area contributed by atoms with E-state index in [1.807, 2.05) is 31.1 Å². The first-order chi connectivity index (χ1) is 11.5. The zero-order chi connectivity index (χ0) is 17.5. The number of carbonyl (C=O) groups is 2. The third kappa shape index (κ3) is 4.85. The van der Waals surface area contributed by atoms with Gasteiger partial charge in [-0.2, -0.15) is 0 Å². The number of furan rings is 1. The highest BCUT2D eigenvalue weighted by Crippen LogP contribution is 2.18. The third-order valence-corrected chi connectivity index (χ3v) is 3.45. The molecule has 0 saturated heterocycles. The molecular formula is C17H21N3O4. The van der Waals surface area contributed by atoms with E-state index < -0.39 is 5.91 Å². The first kappa shape index (κ1) is 17.6. The number of benzene rings is 1. The lowest BCUT2D eigenvalue weighted by Crippen LogP contribution is -2.34. The van der Waals surface area contributed by atoms with Crippen molar-refractivity contribution in [3.8, 4) is 5.75 Å². The van der Waals surface area contributed by atoms with E-state index in [1.54, 1.807) is 30.5 Å². The monoisotopic (exact) mass is 331 g/mol. The fourth-order valence-corrected chi connectivity index (χ4v) is 2.17. The van der Waals surface area contributed by atoms with Gasteiger partial charge in [-0.05, 0) is 50.5 Å². The molecule has 1 unspecified atom stereocenters. The molecule has 2 aromatic rings. The molecule has 1 aromatic carbocycles. The van der Waals surface area contributed by atoms with Crippen molar-refractivity contribution in [1.82, 2.24) is 10.2 Å². The number of likely N-dealkylation sites (N-methyl/N-ethyl adjacent to an activating group) is 1. The topological polar surface area (TPSA) is 97.8 Å². The van der Waals surface area contributed by atoms with Crippen molar-refractivity contribution in [2.45, 2.75) is 6.04 Å². The molecule has 0 spiro atoms. The third-order valence-electron chi connectivity index (χ3n) is 3.45. The Bertz CT molecular complexity index is 666. The van der Waals surface area contributed by atoms with Crippen molar-refractivity contribution >= 4 is 11.8 Å². The first-order valence-corrected chi connectivity index (χ1v) is 7.46. The van der Waals surface area contributed by atoms with Crippen LogP contribution < -0.4 is 15.8 Å². The van der Waals surface area contributed by atoms with Crippen LogP contribution >= 0.6 is 0 Å². The Morgan fingerprint density at radius 1 is 1.25 bits per heavy atom. The number of amides is 2. The van der Waals surface area contributed by atoms with Crippen molar-refractivity contribution in [3.05, 3.63) is 54.0 Å². The molecule has 1 aromatic heterocycles. The number of carbonyl (C=O) groups excluding carboxylic acids is 2. The number of nitrogens with zero attached hydrogens (tertiary/aromatic N) is 1. The molecule has 0 aliphatic carbocycles. The van der Waals surface area contributed by atoms with Gasteiger partial charge in [0.25, 0.3) is 11.8 Å². The highest BCUT2D eigenvalue weighted by atomic mass is 16.5. The summed E-state index contributed by atoms with van der Waals surface area (Å²) in [6.07, 6.45) is 1.61. The minimum atomic E-state index is -0.551. The van der Waals surface area contributed by atoms with E-state index in [2.05, 4.69) is 5.32 Å². The van der Waals surface area contributed by atoms with Crippen LogP contribution in [0.15, 0.2) is 47.1 Å². The van der Waals surface area contributed by atoms with E-state index in [1.165, 1.54) is 0 Å². The summed E-state index contributed by atoms with van der Waals surface area (Å²) >= 11 is 0. The van der Waals surface area contributed by atoms with Crippen molar-refractivity contribution in [3.63, 3.8) is 0 Å². The van der Waals surface area contributed by atoms with Gasteiger partial charge >= 0.3 is 0 Å². The lowest BCUT2D eigenvalue weighted by atomic mass is 10.1. The minimum absolute atomic E-state index is 0.0536. The number of hydrogen-bond acceptors (Lipinski definition) is 5. The van der Waals surface area contributed by atoms with Gasteiger partial charge in [-0.25, -0.2) is 0 Å². The smallest absolute Gasteiger partial charge is 0.255 e. The second kappa shape index (κ2) is 8.16. The van der Waals surface area contributed by atoms with Gasteiger partial charge in [0.1, 0.15) is 11.5 Å². The fourth-order valence-electron chi connectivity index (χ4n) is 2.17. The Morgan fingerprint density at radius 2 is 1.96 bits per heavy atom. The molecule has 7 heteroatoms. The van der Waals surface area contributed by atoms with Crippen LogP contribution in [0.4, 0.5) is 0 Å². The Morgan fingerprint density at radius 3 is 2.50 bits per heavy atom. The molecule has 3 N–H and O–H groups in total. The molecule has 0 saturated carbocycles. The van der Waals surface area contributed by atoms with Crippen molar-refractivity contribution in [2.24, 2.45) is 5.73 Å². The van der Waals surface area contributed by atoms with Gasteiger partial charge in [0.05, 0.1) is 12.3 Å². The first-order valence-electron chi connectivity index (χ1n) is 7.46. The lowest BCUT2D eigenvalue weighted by Gasteiger charge is -2.22. The molecule has 0 aliphatic heterocycles. The molecule has 0 bridgehead atoms. The van der Waals surface area contributed by atoms with E-state index in [9.17, 15) is 9.59 Å². The number of nitrogens with two attached hydrogens (primary N) is 1. The van der Waals surface area contributed by atoms with Crippen LogP contribution in [0, 0.1) is 0 Å². The average Bonchev–Trinajstić information content (AvgIpc) is 3.07. The van der Waals surface area contributed by atoms with Crippen LogP contribution in [0.5, 0.6) is 5.75 Å². The van der Waals surface area contributed by atoms with Gasteiger partial charge in [0.2, 0.25) is 0 Å². The van der Waals surface area contributed by atoms with Gasteiger partial charge in [-0.1, -0.05) is 0 Å². The molecule has 1 atom stereocenters. The van der Waals surface area contributed by atoms with E-state index in [0.717, 1.165) is 5.76 Å². The zero-order valence-electron chi connectivity index (χ0n) is 13.7. The molecule has 1 heterocycles. The van der Waals surface area contributed by atoms with E-state index >= 15 is 0 Å². The molecular weight excluding hydrogens is 310 g/mol.